The highest BCUT2D eigenvalue weighted by Crippen LogP contribution is 2.41. The Labute approximate surface area is 199 Å². The molecule has 2 N–H and O–H groups in total. The number of benzene rings is 2. The number of carbonyl (C=O) groups is 2. The van der Waals surface area contributed by atoms with Gasteiger partial charge in [0.1, 0.15) is 17.3 Å². The summed E-state index contributed by atoms with van der Waals surface area (Å²) in [6.45, 7) is 5.99. The number of rotatable bonds is 7. The van der Waals surface area contributed by atoms with E-state index in [0.29, 0.717) is 37.5 Å². The summed E-state index contributed by atoms with van der Waals surface area (Å²) in [4.78, 5) is 30.1. The number of hydrogen-bond acceptors (Lipinski definition) is 7. The number of ether oxygens (including phenoxy) is 2. The molecule has 180 valence electrons. The van der Waals surface area contributed by atoms with E-state index in [2.05, 4.69) is 4.90 Å². The molecule has 0 bridgehead atoms. The number of ketones is 1. The zero-order chi connectivity index (χ0) is 24.2. The Morgan fingerprint density at radius 1 is 1.12 bits per heavy atom. The third-order valence-corrected chi connectivity index (χ3v) is 6.33. The molecular formula is C26H30N2O6. The molecule has 0 radical (unpaired) electrons. The lowest BCUT2D eigenvalue weighted by Crippen LogP contribution is -2.38. The van der Waals surface area contributed by atoms with Gasteiger partial charge in [0.2, 0.25) is 0 Å². The highest BCUT2D eigenvalue weighted by molar-refractivity contribution is 6.46. The summed E-state index contributed by atoms with van der Waals surface area (Å²) in [5.74, 6) is -1.40. The van der Waals surface area contributed by atoms with Crippen LogP contribution in [0.4, 0.5) is 0 Å². The summed E-state index contributed by atoms with van der Waals surface area (Å²) in [5, 5.41) is 21.6. The second kappa shape index (κ2) is 10.3. The predicted octanol–water partition coefficient (Wildman–Crippen LogP) is 2.85. The minimum atomic E-state index is -0.792. The van der Waals surface area contributed by atoms with E-state index in [9.17, 15) is 19.8 Å². The first-order valence-corrected chi connectivity index (χ1v) is 11.4. The van der Waals surface area contributed by atoms with Gasteiger partial charge in [-0.1, -0.05) is 23.8 Å². The minimum absolute atomic E-state index is 0.0366. The number of carbonyl (C=O) groups excluding carboxylic acids is 2. The molecule has 0 aliphatic carbocycles. The van der Waals surface area contributed by atoms with Gasteiger partial charge in [-0.25, -0.2) is 0 Å². The van der Waals surface area contributed by atoms with E-state index < -0.39 is 17.7 Å². The molecule has 2 aromatic rings. The fourth-order valence-electron chi connectivity index (χ4n) is 4.54. The molecule has 2 aromatic carbocycles. The maximum Gasteiger partial charge on any atom is 0.295 e. The van der Waals surface area contributed by atoms with Crippen LogP contribution in [0.1, 0.15) is 29.2 Å². The lowest BCUT2D eigenvalue weighted by molar-refractivity contribution is -0.140. The molecular weight excluding hydrogens is 436 g/mol. The molecule has 2 heterocycles. The molecule has 0 spiro atoms. The van der Waals surface area contributed by atoms with Gasteiger partial charge in [0.15, 0.2) is 0 Å². The first-order valence-electron chi connectivity index (χ1n) is 11.4. The van der Waals surface area contributed by atoms with Crippen LogP contribution in [0, 0.1) is 6.92 Å². The number of likely N-dealkylation sites (tertiary alicyclic amines) is 1. The fourth-order valence-corrected chi connectivity index (χ4v) is 4.54. The summed E-state index contributed by atoms with van der Waals surface area (Å²) in [6, 6.07) is 11.1. The third-order valence-electron chi connectivity index (χ3n) is 6.33. The number of aryl methyl sites for hydroxylation is 1. The maximum atomic E-state index is 13.2. The van der Waals surface area contributed by atoms with Gasteiger partial charge < -0.3 is 24.6 Å². The number of hydrogen-bond donors (Lipinski definition) is 2. The van der Waals surface area contributed by atoms with Gasteiger partial charge in [-0.3, -0.25) is 14.5 Å². The molecule has 4 rings (SSSR count). The number of aromatic hydroxyl groups is 1. The van der Waals surface area contributed by atoms with Crippen molar-refractivity contribution in [1.82, 2.24) is 9.80 Å². The van der Waals surface area contributed by atoms with Gasteiger partial charge in [-0.05, 0) is 43.2 Å². The van der Waals surface area contributed by atoms with Crippen molar-refractivity contribution in [2.24, 2.45) is 0 Å². The first kappa shape index (κ1) is 23.8. The number of phenols is 1. The average Bonchev–Trinajstić information content (AvgIpc) is 3.11. The molecule has 0 saturated carbocycles. The highest BCUT2D eigenvalue weighted by Gasteiger charge is 2.46. The molecule has 2 saturated heterocycles. The molecule has 1 atom stereocenters. The van der Waals surface area contributed by atoms with Crippen LogP contribution in [-0.4, -0.2) is 78.2 Å². The molecule has 2 fully saturated rings. The van der Waals surface area contributed by atoms with Crippen LogP contribution < -0.4 is 4.74 Å². The van der Waals surface area contributed by atoms with Crippen LogP contribution in [0.2, 0.25) is 0 Å². The van der Waals surface area contributed by atoms with Crippen LogP contribution >= 0.6 is 0 Å². The number of methoxy groups -OCH3 is 1. The lowest BCUT2D eigenvalue weighted by Gasteiger charge is -2.29. The number of aliphatic hydroxyl groups is 1. The van der Waals surface area contributed by atoms with Crippen molar-refractivity contribution < 1.29 is 29.3 Å². The van der Waals surface area contributed by atoms with Crippen LogP contribution in [0.15, 0.2) is 48.0 Å². The number of aliphatic hydroxyl groups excluding tert-OH is 1. The standard InChI is InChI=1S/C26H30N2O6/c1-17-7-8-21(29)20(15-17)24(30)22-23(18-5-3-6-19(16-18)33-2)28(26(32)25(22)31)10-4-9-27-11-13-34-14-12-27/h3,5-8,15-16,23,29-30H,4,9-14H2,1-2H3/t23-/m1/s1. The summed E-state index contributed by atoms with van der Waals surface area (Å²) in [6.07, 6.45) is 0.670. The molecule has 1 amide bonds. The Morgan fingerprint density at radius 3 is 2.62 bits per heavy atom. The second-order valence-electron chi connectivity index (χ2n) is 8.60. The Kier molecular flexibility index (Phi) is 7.19. The smallest absolute Gasteiger partial charge is 0.295 e. The monoisotopic (exact) mass is 466 g/mol. The predicted molar refractivity (Wildman–Crippen MR) is 127 cm³/mol. The van der Waals surface area contributed by atoms with Crippen LogP contribution in [0.25, 0.3) is 5.76 Å². The zero-order valence-electron chi connectivity index (χ0n) is 19.5. The second-order valence-corrected chi connectivity index (χ2v) is 8.60. The Balaban J connectivity index is 1.72. The largest absolute Gasteiger partial charge is 0.507 e. The van der Waals surface area contributed by atoms with Gasteiger partial charge in [0, 0.05) is 26.2 Å². The SMILES string of the molecule is COc1cccc([C@@H]2C(=C(O)c3cc(C)ccc3O)C(=O)C(=O)N2CCCN2CCOCC2)c1. The van der Waals surface area contributed by atoms with Crippen molar-refractivity contribution in [2.45, 2.75) is 19.4 Å². The molecule has 2 aliphatic rings. The van der Waals surface area contributed by atoms with Crippen molar-refractivity contribution in [3.05, 3.63) is 64.7 Å². The lowest BCUT2D eigenvalue weighted by atomic mass is 9.94. The topological polar surface area (TPSA) is 99.5 Å². The van der Waals surface area contributed by atoms with E-state index in [4.69, 9.17) is 9.47 Å². The molecule has 34 heavy (non-hydrogen) atoms. The summed E-state index contributed by atoms with van der Waals surface area (Å²) in [7, 11) is 1.54. The Morgan fingerprint density at radius 2 is 1.88 bits per heavy atom. The van der Waals surface area contributed by atoms with E-state index >= 15 is 0 Å². The Bertz CT molecular complexity index is 1110. The normalized spacial score (nSPS) is 20.6. The van der Waals surface area contributed by atoms with E-state index in [1.165, 1.54) is 11.0 Å². The first-order chi connectivity index (χ1) is 16.4. The average molecular weight is 467 g/mol. The Hall–Kier alpha value is -3.36. The number of nitrogens with zero attached hydrogens (tertiary/aromatic N) is 2. The molecule has 0 aromatic heterocycles. The number of phenolic OH excluding ortho intramolecular Hbond substituents is 1. The van der Waals surface area contributed by atoms with Crippen molar-refractivity contribution in [2.75, 3.05) is 46.5 Å². The maximum absolute atomic E-state index is 13.2. The molecule has 0 unspecified atom stereocenters. The van der Waals surface area contributed by atoms with Gasteiger partial charge in [-0.2, -0.15) is 0 Å². The van der Waals surface area contributed by atoms with Gasteiger partial charge in [-0.15, -0.1) is 0 Å². The highest BCUT2D eigenvalue weighted by atomic mass is 16.5. The van der Waals surface area contributed by atoms with E-state index in [1.54, 1.807) is 43.5 Å². The van der Waals surface area contributed by atoms with E-state index in [1.807, 2.05) is 6.92 Å². The quantitative estimate of drug-likeness (QED) is 0.368. The van der Waals surface area contributed by atoms with Crippen molar-refractivity contribution >= 4 is 17.4 Å². The van der Waals surface area contributed by atoms with Gasteiger partial charge >= 0.3 is 0 Å². The molecule has 2 aliphatic heterocycles. The van der Waals surface area contributed by atoms with E-state index in [0.717, 1.165) is 25.2 Å². The molecule has 8 heteroatoms. The minimum Gasteiger partial charge on any atom is -0.507 e. The number of morpholine rings is 1. The van der Waals surface area contributed by atoms with Crippen molar-refractivity contribution in [1.29, 1.82) is 0 Å². The summed E-state index contributed by atoms with van der Waals surface area (Å²) in [5.41, 5.74) is 1.54. The van der Waals surface area contributed by atoms with Crippen LogP contribution in [-0.2, 0) is 14.3 Å². The number of Topliss-reactive ketones (excluding diaryl/α,β-unsaturated/α-hetero) is 1. The third kappa shape index (κ3) is 4.78. The summed E-state index contributed by atoms with van der Waals surface area (Å²) < 4.78 is 10.7. The number of amides is 1. The van der Waals surface area contributed by atoms with Crippen molar-refractivity contribution in [3.63, 3.8) is 0 Å². The van der Waals surface area contributed by atoms with Crippen molar-refractivity contribution in [3.8, 4) is 11.5 Å². The van der Waals surface area contributed by atoms with Crippen LogP contribution in [0.3, 0.4) is 0 Å². The molecule has 8 nitrogen and oxygen atoms in total. The van der Waals surface area contributed by atoms with Gasteiger partial charge in [0.05, 0.1) is 37.5 Å². The van der Waals surface area contributed by atoms with Gasteiger partial charge in [0.25, 0.3) is 11.7 Å². The summed E-state index contributed by atoms with van der Waals surface area (Å²) >= 11 is 0. The fraction of sp³-hybridized carbons (Fsp3) is 0.385. The van der Waals surface area contributed by atoms with Crippen LogP contribution in [0.5, 0.6) is 11.5 Å². The zero-order valence-corrected chi connectivity index (χ0v) is 19.5. The van der Waals surface area contributed by atoms with E-state index in [-0.39, 0.29) is 22.6 Å².